The van der Waals surface area contributed by atoms with Gasteiger partial charge in [-0.25, -0.2) is 0 Å². The van der Waals surface area contributed by atoms with Gasteiger partial charge in [-0.2, -0.15) is 0 Å². The third-order valence-electron chi connectivity index (χ3n) is 9.58. The van der Waals surface area contributed by atoms with Crippen LogP contribution >= 0.6 is 0 Å². The first kappa shape index (κ1) is 46.4. The van der Waals surface area contributed by atoms with Crippen LogP contribution in [-0.4, -0.2) is 37.2 Å². The van der Waals surface area contributed by atoms with E-state index in [9.17, 15) is 14.4 Å². The van der Waals surface area contributed by atoms with E-state index in [-0.39, 0.29) is 31.1 Å². The number of ether oxygens (including phenoxy) is 3. The van der Waals surface area contributed by atoms with Crippen molar-refractivity contribution in [3.8, 4) is 0 Å². The molecule has 0 aromatic rings. The second-order valence-electron chi connectivity index (χ2n) is 15.0. The van der Waals surface area contributed by atoms with Gasteiger partial charge in [0.15, 0.2) is 6.10 Å². The van der Waals surface area contributed by atoms with E-state index in [0.717, 1.165) is 69.6 Å². The van der Waals surface area contributed by atoms with Crippen molar-refractivity contribution in [1.82, 2.24) is 0 Å². The molecule has 0 bridgehead atoms. The Morgan fingerprint density at radius 1 is 0.438 bits per heavy atom. The summed E-state index contributed by atoms with van der Waals surface area (Å²) in [5.74, 6) is 0.769. The Labute approximate surface area is 298 Å². The lowest BCUT2D eigenvalue weighted by molar-refractivity contribution is -0.167. The first-order valence-electron chi connectivity index (χ1n) is 20.8. The molecule has 0 aliphatic heterocycles. The Morgan fingerprint density at radius 3 is 1.19 bits per heavy atom. The average Bonchev–Trinajstić information content (AvgIpc) is 3.06. The molecule has 0 rings (SSSR count). The van der Waals surface area contributed by atoms with Crippen LogP contribution in [0.25, 0.3) is 0 Å². The fourth-order valence-corrected chi connectivity index (χ4v) is 6.01. The van der Waals surface area contributed by atoms with E-state index in [1.165, 1.54) is 109 Å². The molecular formula is C42H80O6. The molecule has 0 amide bonds. The molecule has 1 unspecified atom stereocenters. The first-order chi connectivity index (χ1) is 23.3. The summed E-state index contributed by atoms with van der Waals surface area (Å²) < 4.78 is 16.6. The number of carbonyl (C=O) groups excluding carboxylic acids is 3. The van der Waals surface area contributed by atoms with Gasteiger partial charge >= 0.3 is 17.9 Å². The van der Waals surface area contributed by atoms with Gasteiger partial charge in [0, 0.05) is 19.3 Å². The van der Waals surface area contributed by atoms with Crippen LogP contribution in [0.4, 0.5) is 0 Å². The number of unbranched alkanes of at least 4 members (excludes halogenated alkanes) is 20. The van der Waals surface area contributed by atoms with Gasteiger partial charge in [-0.15, -0.1) is 0 Å². The minimum Gasteiger partial charge on any atom is -0.462 e. The standard InChI is InChI=1S/C42H80O6/c1-6-8-9-10-15-22-27-32-40(43)46-35-39(48-42(45)34-29-24-19-13-11-16-20-25-30-37(3)4)36-47-41(44)33-28-23-18-14-12-17-21-26-31-38(5)7-2/h37-39H,6-36H2,1-5H3/t38?,39-/m0/s1. The predicted octanol–water partition coefficient (Wildman–Crippen LogP) is 12.6. The molecule has 0 saturated carbocycles. The highest BCUT2D eigenvalue weighted by Gasteiger charge is 2.19. The zero-order valence-electron chi connectivity index (χ0n) is 32.6. The SMILES string of the molecule is CCCCCCCCCC(=O)OC[C@@H](COC(=O)CCCCCCCCCCC(C)CC)OC(=O)CCCCCCCCCCC(C)C. The van der Waals surface area contributed by atoms with Gasteiger partial charge in [-0.1, -0.05) is 182 Å². The minimum absolute atomic E-state index is 0.0667. The van der Waals surface area contributed by atoms with E-state index in [1.54, 1.807) is 0 Å². The summed E-state index contributed by atoms with van der Waals surface area (Å²) in [6.07, 6.45) is 31.0. The van der Waals surface area contributed by atoms with Crippen molar-refractivity contribution in [2.75, 3.05) is 13.2 Å². The minimum atomic E-state index is -0.759. The molecule has 2 atom stereocenters. The normalized spacial score (nSPS) is 12.6. The van der Waals surface area contributed by atoms with Gasteiger partial charge < -0.3 is 14.2 Å². The number of hydrogen-bond donors (Lipinski definition) is 0. The molecule has 0 fully saturated rings. The van der Waals surface area contributed by atoms with Gasteiger partial charge in [0.2, 0.25) is 0 Å². The van der Waals surface area contributed by atoms with Crippen molar-refractivity contribution in [2.45, 2.75) is 227 Å². The van der Waals surface area contributed by atoms with E-state index < -0.39 is 6.10 Å². The fourth-order valence-electron chi connectivity index (χ4n) is 6.01. The number of rotatable bonds is 36. The molecular weight excluding hydrogens is 600 g/mol. The molecule has 0 aromatic heterocycles. The summed E-state index contributed by atoms with van der Waals surface area (Å²) in [6.45, 7) is 11.2. The molecule has 0 N–H and O–H groups in total. The summed E-state index contributed by atoms with van der Waals surface area (Å²) in [5.41, 5.74) is 0. The summed E-state index contributed by atoms with van der Waals surface area (Å²) in [4.78, 5) is 37.4. The molecule has 6 heteroatoms. The van der Waals surface area contributed by atoms with E-state index >= 15 is 0 Å². The molecule has 0 aromatic carbocycles. The van der Waals surface area contributed by atoms with Crippen LogP contribution in [0.1, 0.15) is 221 Å². The predicted molar refractivity (Wildman–Crippen MR) is 201 cm³/mol. The van der Waals surface area contributed by atoms with Gasteiger partial charge in [0.25, 0.3) is 0 Å². The molecule has 48 heavy (non-hydrogen) atoms. The molecule has 0 radical (unpaired) electrons. The Kier molecular flexibility index (Phi) is 34.1. The lowest BCUT2D eigenvalue weighted by Crippen LogP contribution is -2.30. The smallest absolute Gasteiger partial charge is 0.306 e. The number of carbonyl (C=O) groups is 3. The molecule has 284 valence electrons. The van der Waals surface area contributed by atoms with Gasteiger partial charge in [-0.3, -0.25) is 14.4 Å². The molecule has 0 aliphatic carbocycles. The second kappa shape index (κ2) is 35.2. The van der Waals surface area contributed by atoms with E-state index in [4.69, 9.17) is 14.2 Å². The lowest BCUT2D eigenvalue weighted by Gasteiger charge is -2.18. The summed E-state index contributed by atoms with van der Waals surface area (Å²) in [5, 5.41) is 0. The zero-order valence-corrected chi connectivity index (χ0v) is 32.6. The monoisotopic (exact) mass is 681 g/mol. The average molecular weight is 681 g/mol. The van der Waals surface area contributed by atoms with Crippen LogP contribution in [0, 0.1) is 11.8 Å². The van der Waals surface area contributed by atoms with Crippen LogP contribution in [0.2, 0.25) is 0 Å². The highest BCUT2D eigenvalue weighted by atomic mass is 16.6. The molecule has 0 aliphatic rings. The van der Waals surface area contributed by atoms with Crippen molar-refractivity contribution in [3.63, 3.8) is 0 Å². The molecule has 6 nitrogen and oxygen atoms in total. The fraction of sp³-hybridized carbons (Fsp3) is 0.929. The summed E-state index contributed by atoms with van der Waals surface area (Å²) in [7, 11) is 0. The van der Waals surface area contributed by atoms with Crippen molar-refractivity contribution >= 4 is 17.9 Å². The van der Waals surface area contributed by atoms with Crippen molar-refractivity contribution in [3.05, 3.63) is 0 Å². The molecule has 0 heterocycles. The highest BCUT2D eigenvalue weighted by molar-refractivity contribution is 5.71. The Hall–Kier alpha value is -1.59. The third-order valence-corrected chi connectivity index (χ3v) is 9.58. The summed E-state index contributed by atoms with van der Waals surface area (Å²) in [6, 6.07) is 0. The van der Waals surface area contributed by atoms with E-state index in [0.29, 0.717) is 19.3 Å². The van der Waals surface area contributed by atoms with Crippen molar-refractivity contribution < 1.29 is 28.6 Å². The maximum atomic E-state index is 12.6. The maximum Gasteiger partial charge on any atom is 0.306 e. The highest BCUT2D eigenvalue weighted by Crippen LogP contribution is 2.16. The van der Waals surface area contributed by atoms with Gasteiger partial charge in [0.05, 0.1) is 0 Å². The van der Waals surface area contributed by atoms with Gasteiger partial charge in [0.1, 0.15) is 13.2 Å². The Bertz CT molecular complexity index is 736. The third kappa shape index (κ3) is 34.3. The van der Waals surface area contributed by atoms with Crippen molar-refractivity contribution in [1.29, 1.82) is 0 Å². The second-order valence-corrected chi connectivity index (χ2v) is 15.0. The topological polar surface area (TPSA) is 78.9 Å². The Balaban J connectivity index is 4.33. The first-order valence-corrected chi connectivity index (χ1v) is 20.8. The van der Waals surface area contributed by atoms with E-state index in [1.807, 2.05) is 0 Å². The summed E-state index contributed by atoms with van der Waals surface area (Å²) >= 11 is 0. The Morgan fingerprint density at radius 2 is 0.792 bits per heavy atom. The quantitative estimate of drug-likeness (QED) is 0.0372. The van der Waals surface area contributed by atoms with Gasteiger partial charge in [-0.05, 0) is 31.1 Å². The maximum absolute atomic E-state index is 12.6. The molecule has 0 saturated heterocycles. The van der Waals surface area contributed by atoms with Crippen LogP contribution < -0.4 is 0 Å². The van der Waals surface area contributed by atoms with E-state index in [2.05, 4.69) is 34.6 Å². The van der Waals surface area contributed by atoms with Crippen LogP contribution in [0.15, 0.2) is 0 Å². The van der Waals surface area contributed by atoms with Crippen LogP contribution in [0.5, 0.6) is 0 Å². The lowest BCUT2D eigenvalue weighted by atomic mass is 9.99. The van der Waals surface area contributed by atoms with Crippen LogP contribution in [0.3, 0.4) is 0 Å². The number of hydrogen-bond acceptors (Lipinski definition) is 6. The number of esters is 3. The van der Waals surface area contributed by atoms with Crippen molar-refractivity contribution in [2.24, 2.45) is 11.8 Å². The van der Waals surface area contributed by atoms with Crippen LogP contribution in [-0.2, 0) is 28.6 Å². The largest absolute Gasteiger partial charge is 0.462 e. The molecule has 0 spiro atoms. The zero-order chi connectivity index (χ0) is 35.5.